The lowest BCUT2D eigenvalue weighted by Gasteiger charge is -2.09. The van der Waals surface area contributed by atoms with E-state index in [0.29, 0.717) is 16.1 Å². The number of hydrogen-bond acceptors (Lipinski definition) is 5. The normalized spacial score (nSPS) is 13.0. The summed E-state index contributed by atoms with van der Waals surface area (Å²) in [4.78, 5) is 28.2. The monoisotopic (exact) mass is 384 g/mol. The van der Waals surface area contributed by atoms with E-state index in [0.717, 1.165) is 11.1 Å². The molecule has 1 amide bonds. The van der Waals surface area contributed by atoms with Gasteiger partial charge in [0.05, 0.1) is 20.9 Å². The molecule has 0 saturated heterocycles. The van der Waals surface area contributed by atoms with Crippen molar-refractivity contribution in [3.05, 3.63) is 64.4 Å². The van der Waals surface area contributed by atoms with E-state index in [1.165, 1.54) is 7.05 Å². The summed E-state index contributed by atoms with van der Waals surface area (Å²) in [5.41, 5.74) is 1.46. The summed E-state index contributed by atoms with van der Waals surface area (Å²) in [5, 5.41) is 6.44. The number of aromatic amines is 1. The fraction of sp³-hybridized carbons (Fsp3) is 0.158. The number of benzene rings is 2. The van der Waals surface area contributed by atoms with Crippen molar-refractivity contribution in [2.75, 3.05) is 31.0 Å². The van der Waals surface area contributed by atoms with Crippen LogP contribution in [0.2, 0.25) is 0 Å². The first-order valence-electron chi connectivity index (χ1n) is 8.21. The Labute approximate surface area is 157 Å². The van der Waals surface area contributed by atoms with E-state index in [4.69, 9.17) is 0 Å². The van der Waals surface area contributed by atoms with Crippen molar-refractivity contribution in [2.24, 2.45) is 4.36 Å². The fourth-order valence-electron chi connectivity index (χ4n) is 2.70. The van der Waals surface area contributed by atoms with Gasteiger partial charge in [0.15, 0.2) is 0 Å². The van der Waals surface area contributed by atoms with E-state index in [1.54, 1.807) is 43.6 Å². The molecule has 3 N–H and O–H groups in total. The zero-order valence-electron chi connectivity index (χ0n) is 15.2. The van der Waals surface area contributed by atoms with Crippen LogP contribution < -0.4 is 16.2 Å². The molecule has 0 fully saturated rings. The molecule has 0 saturated carbocycles. The Kier molecular flexibility index (Phi) is 5.00. The molecular formula is C19H20N4O3S. The highest BCUT2D eigenvalue weighted by molar-refractivity contribution is 7.93. The van der Waals surface area contributed by atoms with Crippen molar-refractivity contribution in [1.29, 1.82) is 0 Å². The SMILES string of the molecule is CN=S(C)(=O)c1ccc(NC(=O)c2cc3cccc(NC)c3[nH]c2=O)cc1. The molecular weight excluding hydrogens is 364 g/mol. The fourth-order valence-corrected chi connectivity index (χ4v) is 3.56. The highest BCUT2D eigenvalue weighted by Crippen LogP contribution is 2.21. The van der Waals surface area contributed by atoms with Crippen LogP contribution in [0.15, 0.2) is 62.6 Å². The smallest absolute Gasteiger partial charge is 0.261 e. The van der Waals surface area contributed by atoms with Crippen LogP contribution in [0.3, 0.4) is 0 Å². The van der Waals surface area contributed by atoms with Crippen LogP contribution in [0.1, 0.15) is 10.4 Å². The number of para-hydroxylation sites is 1. The van der Waals surface area contributed by atoms with Gasteiger partial charge in [-0.3, -0.25) is 9.59 Å². The Morgan fingerprint density at radius 1 is 1.15 bits per heavy atom. The van der Waals surface area contributed by atoms with Gasteiger partial charge in [0.2, 0.25) is 0 Å². The second-order valence-electron chi connectivity index (χ2n) is 6.00. The molecule has 2 aromatic carbocycles. The first-order valence-corrected chi connectivity index (χ1v) is 10.1. The van der Waals surface area contributed by atoms with Crippen LogP contribution in [0.5, 0.6) is 0 Å². The lowest BCUT2D eigenvalue weighted by atomic mass is 10.1. The molecule has 3 aromatic rings. The quantitative estimate of drug-likeness (QED) is 0.643. The molecule has 0 bridgehead atoms. The summed E-state index contributed by atoms with van der Waals surface area (Å²) in [5.74, 6) is -0.516. The van der Waals surface area contributed by atoms with Crippen LogP contribution in [0, 0.1) is 0 Å². The number of amides is 1. The van der Waals surface area contributed by atoms with Crippen molar-refractivity contribution in [3.8, 4) is 0 Å². The van der Waals surface area contributed by atoms with Gasteiger partial charge < -0.3 is 15.6 Å². The minimum Gasteiger partial charge on any atom is -0.386 e. The highest BCUT2D eigenvalue weighted by atomic mass is 32.2. The largest absolute Gasteiger partial charge is 0.386 e. The molecule has 1 aromatic heterocycles. The minimum absolute atomic E-state index is 0.0164. The second kappa shape index (κ2) is 7.24. The Morgan fingerprint density at radius 2 is 1.85 bits per heavy atom. The summed E-state index contributed by atoms with van der Waals surface area (Å²) < 4.78 is 16.1. The van der Waals surface area contributed by atoms with Gasteiger partial charge >= 0.3 is 0 Å². The molecule has 0 radical (unpaired) electrons. The maximum Gasteiger partial charge on any atom is 0.261 e. The predicted molar refractivity (Wildman–Crippen MR) is 109 cm³/mol. The van der Waals surface area contributed by atoms with Gasteiger partial charge in [-0.05, 0) is 36.4 Å². The summed E-state index contributed by atoms with van der Waals surface area (Å²) >= 11 is 0. The molecule has 0 aliphatic rings. The number of nitrogens with zero attached hydrogens (tertiary/aromatic N) is 1. The average Bonchev–Trinajstić information content (AvgIpc) is 2.67. The van der Waals surface area contributed by atoms with Gasteiger partial charge in [0.1, 0.15) is 5.56 Å². The van der Waals surface area contributed by atoms with E-state index in [-0.39, 0.29) is 5.56 Å². The van der Waals surface area contributed by atoms with E-state index >= 15 is 0 Å². The average molecular weight is 384 g/mol. The van der Waals surface area contributed by atoms with Crippen LogP contribution in [0.25, 0.3) is 10.9 Å². The predicted octanol–water partition coefficient (Wildman–Crippen LogP) is 2.91. The Balaban J connectivity index is 1.92. The Hall–Kier alpha value is -3.13. The number of aromatic nitrogens is 1. The molecule has 0 aliphatic carbocycles. The summed E-state index contributed by atoms with van der Waals surface area (Å²) in [6, 6.07) is 13.6. The van der Waals surface area contributed by atoms with E-state index in [2.05, 4.69) is 20.0 Å². The lowest BCUT2D eigenvalue weighted by Crippen LogP contribution is -2.23. The highest BCUT2D eigenvalue weighted by Gasteiger charge is 2.14. The minimum atomic E-state index is -2.43. The number of carbonyl (C=O) groups excluding carboxylic acids is 1. The number of anilines is 2. The van der Waals surface area contributed by atoms with Gasteiger partial charge in [-0.2, -0.15) is 0 Å². The third kappa shape index (κ3) is 3.70. The maximum absolute atomic E-state index is 12.5. The summed E-state index contributed by atoms with van der Waals surface area (Å²) in [7, 11) is 0.833. The second-order valence-corrected chi connectivity index (χ2v) is 8.44. The van der Waals surface area contributed by atoms with Gasteiger partial charge in [-0.1, -0.05) is 12.1 Å². The summed E-state index contributed by atoms with van der Waals surface area (Å²) in [6.45, 7) is 0. The Morgan fingerprint density at radius 3 is 2.48 bits per heavy atom. The van der Waals surface area contributed by atoms with Crippen molar-refractivity contribution in [3.63, 3.8) is 0 Å². The van der Waals surface area contributed by atoms with Crippen LogP contribution >= 0.6 is 0 Å². The van der Waals surface area contributed by atoms with Gasteiger partial charge in [0.25, 0.3) is 11.5 Å². The molecule has 1 atom stereocenters. The van der Waals surface area contributed by atoms with Crippen molar-refractivity contribution in [2.45, 2.75) is 4.90 Å². The number of nitrogens with one attached hydrogen (secondary N) is 3. The molecule has 8 heteroatoms. The molecule has 1 heterocycles. The van der Waals surface area contributed by atoms with Crippen molar-refractivity contribution >= 4 is 37.9 Å². The maximum atomic E-state index is 12.5. The first-order chi connectivity index (χ1) is 12.9. The molecule has 0 spiro atoms. The zero-order valence-corrected chi connectivity index (χ0v) is 16.0. The number of fused-ring (bicyclic) bond motifs is 1. The molecule has 27 heavy (non-hydrogen) atoms. The van der Waals surface area contributed by atoms with Gasteiger partial charge in [0, 0.05) is 36.3 Å². The van der Waals surface area contributed by atoms with E-state index in [1.807, 2.05) is 18.2 Å². The Bertz CT molecular complexity index is 1190. The van der Waals surface area contributed by atoms with Crippen LogP contribution in [0.4, 0.5) is 11.4 Å². The molecule has 0 aliphatic heterocycles. The third-order valence-electron chi connectivity index (χ3n) is 4.29. The summed E-state index contributed by atoms with van der Waals surface area (Å²) in [6.07, 6.45) is 1.55. The van der Waals surface area contributed by atoms with Gasteiger partial charge in [-0.25, -0.2) is 8.57 Å². The molecule has 140 valence electrons. The number of rotatable bonds is 4. The first kappa shape index (κ1) is 18.7. The van der Waals surface area contributed by atoms with E-state index < -0.39 is 21.2 Å². The number of H-pyrrole nitrogens is 1. The molecule has 7 nitrogen and oxygen atoms in total. The van der Waals surface area contributed by atoms with Crippen molar-refractivity contribution < 1.29 is 9.00 Å². The molecule has 1 unspecified atom stereocenters. The standard InChI is InChI=1S/C19H20N4O3S/c1-20-16-6-4-5-12-11-15(19(25)23-17(12)16)18(24)22-13-7-9-14(10-8-13)27(3,26)21-2/h4-11,20H,1-3H3,(H,22,24)(H,23,25). The van der Waals surface area contributed by atoms with E-state index in [9.17, 15) is 13.8 Å². The van der Waals surface area contributed by atoms with Crippen molar-refractivity contribution in [1.82, 2.24) is 4.98 Å². The topological polar surface area (TPSA) is 103 Å². The molecule has 3 rings (SSSR count). The number of hydrogen-bond donors (Lipinski definition) is 3. The zero-order chi connectivity index (χ0) is 19.6. The van der Waals surface area contributed by atoms with Crippen LogP contribution in [-0.2, 0) is 9.73 Å². The lowest BCUT2D eigenvalue weighted by molar-refractivity contribution is 0.102. The van der Waals surface area contributed by atoms with Crippen LogP contribution in [-0.4, -0.2) is 35.5 Å². The number of pyridine rings is 1. The number of carbonyl (C=O) groups is 1. The third-order valence-corrected chi connectivity index (χ3v) is 6.14. The van der Waals surface area contributed by atoms with Gasteiger partial charge in [-0.15, -0.1) is 0 Å².